The van der Waals surface area contributed by atoms with Crippen LogP contribution in [0.15, 0.2) is 58.3 Å². The summed E-state index contributed by atoms with van der Waals surface area (Å²) in [4.78, 5) is 7.93. The number of furan rings is 1. The second-order valence-electron chi connectivity index (χ2n) is 6.28. The van der Waals surface area contributed by atoms with E-state index in [4.69, 9.17) is 9.15 Å². The first-order chi connectivity index (χ1) is 13.4. The van der Waals surface area contributed by atoms with Crippen molar-refractivity contribution in [3.05, 3.63) is 60.2 Å². The number of H-pyrrole nitrogens is 1. The number of ether oxygens (including phenoxy) is 1. The first kappa shape index (κ1) is 19.0. The Balaban J connectivity index is 1.38. The number of aromatic amines is 1. The average Bonchev–Trinajstić information content (AvgIpc) is 3.34. The summed E-state index contributed by atoms with van der Waals surface area (Å²) in [5.41, 5.74) is 2.50. The molecular weight excluding hydrogens is 340 g/mol. The summed E-state index contributed by atoms with van der Waals surface area (Å²) in [5.74, 6) is 1.70. The number of aromatic nitrogens is 1. The molecule has 0 spiro atoms. The maximum absolute atomic E-state index is 5.58. The van der Waals surface area contributed by atoms with Crippen LogP contribution in [0.4, 0.5) is 0 Å². The molecule has 0 saturated carbocycles. The molecule has 0 atom stereocenters. The number of benzene rings is 1. The number of fused-ring (bicyclic) bond motifs is 1. The molecule has 0 bridgehead atoms. The van der Waals surface area contributed by atoms with Gasteiger partial charge in [0.2, 0.25) is 0 Å². The zero-order valence-electron chi connectivity index (χ0n) is 15.8. The van der Waals surface area contributed by atoms with Crippen molar-refractivity contribution in [1.82, 2.24) is 15.6 Å². The van der Waals surface area contributed by atoms with Crippen LogP contribution in [-0.4, -0.2) is 37.2 Å². The van der Waals surface area contributed by atoms with Crippen molar-refractivity contribution in [1.29, 1.82) is 0 Å². The number of hydrogen-bond donors (Lipinski definition) is 3. The lowest BCUT2D eigenvalue weighted by atomic mass is 10.1. The monoisotopic (exact) mass is 368 g/mol. The molecule has 0 aliphatic carbocycles. The highest BCUT2D eigenvalue weighted by Gasteiger charge is 2.03. The van der Waals surface area contributed by atoms with E-state index in [2.05, 4.69) is 58.0 Å². The summed E-state index contributed by atoms with van der Waals surface area (Å²) >= 11 is 0. The van der Waals surface area contributed by atoms with Gasteiger partial charge in [0.1, 0.15) is 12.4 Å². The average molecular weight is 368 g/mol. The Morgan fingerprint density at radius 1 is 1.19 bits per heavy atom. The molecule has 3 rings (SSSR count). The van der Waals surface area contributed by atoms with Gasteiger partial charge in [0.05, 0.1) is 6.26 Å². The molecule has 3 N–H and O–H groups in total. The third kappa shape index (κ3) is 5.89. The second kappa shape index (κ2) is 10.4. The molecule has 6 nitrogen and oxygen atoms in total. The highest BCUT2D eigenvalue weighted by molar-refractivity contribution is 5.83. The molecule has 2 heterocycles. The molecular formula is C21H28N4O2. The molecule has 0 saturated heterocycles. The Morgan fingerprint density at radius 3 is 2.96 bits per heavy atom. The van der Waals surface area contributed by atoms with Gasteiger partial charge in [-0.1, -0.05) is 18.2 Å². The molecule has 0 fully saturated rings. The molecule has 0 aliphatic heterocycles. The molecule has 1 aromatic carbocycles. The Kier molecular flexibility index (Phi) is 7.35. The molecule has 2 aromatic heterocycles. The fourth-order valence-corrected chi connectivity index (χ4v) is 2.92. The van der Waals surface area contributed by atoms with Crippen LogP contribution in [0.3, 0.4) is 0 Å². The van der Waals surface area contributed by atoms with Gasteiger partial charge < -0.3 is 24.8 Å². The summed E-state index contributed by atoms with van der Waals surface area (Å²) in [6, 6.07) is 12.2. The molecule has 6 heteroatoms. The minimum absolute atomic E-state index is 0.514. The maximum atomic E-state index is 5.58. The fraction of sp³-hybridized carbons (Fsp3) is 0.381. The van der Waals surface area contributed by atoms with Gasteiger partial charge in [-0.15, -0.1) is 0 Å². The minimum atomic E-state index is 0.514. The van der Waals surface area contributed by atoms with E-state index in [0.717, 1.165) is 44.2 Å². The number of nitrogens with one attached hydrogen (secondary N) is 3. The summed E-state index contributed by atoms with van der Waals surface area (Å²) in [6.07, 6.45) is 5.57. The third-order valence-corrected chi connectivity index (χ3v) is 4.25. The van der Waals surface area contributed by atoms with Crippen molar-refractivity contribution >= 4 is 16.9 Å². The third-order valence-electron chi connectivity index (χ3n) is 4.25. The lowest BCUT2D eigenvalue weighted by Crippen LogP contribution is -2.38. The SMILES string of the molecule is CCNC(=NCCCOCc1ccco1)NCCc1c[nH]c2ccccc12. The maximum Gasteiger partial charge on any atom is 0.191 e. The predicted molar refractivity (Wildman–Crippen MR) is 109 cm³/mol. The van der Waals surface area contributed by atoms with Gasteiger partial charge in [0.25, 0.3) is 0 Å². The highest BCUT2D eigenvalue weighted by atomic mass is 16.5. The van der Waals surface area contributed by atoms with Gasteiger partial charge in [-0.3, -0.25) is 4.99 Å². The number of rotatable bonds is 10. The summed E-state index contributed by atoms with van der Waals surface area (Å²) in [5, 5.41) is 7.98. The van der Waals surface area contributed by atoms with E-state index < -0.39 is 0 Å². The minimum Gasteiger partial charge on any atom is -0.467 e. The molecule has 0 aliphatic rings. The number of para-hydroxylation sites is 1. The number of nitrogens with zero attached hydrogens (tertiary/aromatic N) is 1. The summed E-state index contributed by atoms with van der Waals surface area (Å²) in [7, 11) is 0. The van der Waals surface area contributed by atoms with Crippen molar-refractivity contribution in [2.75, 3.05) is 26.2 Å². The Hall–Kier alpha value is -2.73. The van der Waals surface area contributed by atoms with Crippen molar-refractivity contribution in [2.24, 2.45) is 4.99 Å². The Morgan fingerprint density at radius 2 is 2.11 bits per heavy atom. The van der Waals surface area contributed by atoms with Gasteiger partial charge in [-0.05, 0) is 43.5 Å². The van der Waals surface area contributed by atoms with Gasteiger partial charge >= 0.3 is 0 Å². The van der Waals surface area contributed by atoms with E-state index in [1.54, 1.807) is 6.26 Å². The predicted octanol–water partition coefficient (Wildman–Crippen LogP) is 3.47. The standard InChI is InChI=1S/C21H28N4O2/c1-2-22-21(23-11-6-13-26-16-18-7-5-14-27-18)24-12-10-17-15-25-20-9-4-3-8-19(17)20/h3-5,7-9,14-15,25H,2,6,10-13,16H2,1H3,(H2,22,23,24). The lowest BCUT2D eigenvalue weighted by molar-refractivity contribution is 0.105. The van der Waals surface area contributed by atoms with E-state index in [1.807, 2.05) is 12.1 Å². The molecule has 27 heavy (non-hydrogen) atoms. The van der Waals surface area contributed by atoms with Crippen LogP contribution in [0.1, 0.15) is 24.7 Å². The first-order valence-electron chi connectivity index (χ1n) is 9.54. The van der Waals surface area contributed by atoms with Crippen LogP contribution in [0.2, 0.25) is 0 Å². The molecule has 0 radical (unpaired) electrons. The van der Waals surface area contributed by atoms with Crippen LogP contribution >= 0.6 is 0 Å². The zero-order chi connectivity index (χ0) is 18.7. The number of guanidine groups is 1. The van der Waals surface area contributed by atoms with E-state index >= 15 is 0 Å². The van der Waals surface area contributed by atoms with Gasteiger partial charge in [-0.2, -0.15) is 0 Å². The Labute approximate surface area is 160 Å². The van der Waals surface area contributed by atoms with Crippen LogP contribution in [0.5, 0.6) is 0 Å². The van der Waals surface area contributed by atoms with Crippen LogP contribution in [0, 0.1) is 0 Å². The van der Waals surface area contributed by atoms with Crippen LogP contribution in [-0.2, 0) is 17.8 Å². The van der Waals surface area contributed by atoms with E-state index in [-0.39, 0.29) is 0 Å². The molecule has 3 aromatic rings. The largest absolute Gasteiger partial charge is 0.467 e. The van der Waals surface area contributed by atoms with E-state index in [9.17, 15) is 0 Å². The van der Waals surface area contributed by atoms with Crippen molar-refractivity contribution in [3.8, 4) is 0 Å². The van der Waals surface area contributed by atoms with Crippen LogP contribution in [0.25, 0.3) is 10.9 Å². The first-order valence-corrected chi connectivity index (χ1v) is 9.54. The van der Waals surface area contributed by atoms with Crippen molar-refractivity contribution in [2.45, 2.75) is 26.4 Å². The fourth-order valence-electron chi connectivity index (χ4n) is 2.92. The lowest BCUT2D eigenvalue weighted by Gasteiger charge is -2.11. The zero-order valence-corrected chi connectivity index (χ0v) is 15.8. The van der Waals surface area contributed by atoms with Gasteiger partial charge in [0.15, 0.2) is 5.96 Å². The normalized spacial score (nSPS) is 11.8. The van der Waals surface area contributed by atoms with E-state index in [1.165, 1.54) is 16.5 Å². The van der Waals surface area contributed by atoms with Gasteiger partial charge in [0, 0.05) is 43.3 Å². The van der Waals surface area contributed by atoms with Gasteiger partial charge in [-0.25, -0.2) is 0 Å². The topological polar surface area (TPSA) is 74.6 Å². The van der Waals surface area contributed by atoms with Crippen LogP contribution < -0.4 is 10.6 Å². The molecule has 0 unspecified atom stereocenters. The summed E-state index contributed by atoms with van der Waals surface area (Å²) in [6.45, 7) is 5.65. The Bertz CT molecular complexity index is 824. The summed E-state index contributed by atoms with van der Waals surface area (Å²) < 4.78 is 10.8. The second-order valence-corrected chi connectivity index (χ2v) is 6.28. The smallest absolute Gasteiger partial charge is 0.191 e. The van der Waals surface area contributed by atoms with E-state index in [0.29, 0.717) is 13.2 Å². The quantitative estimate of drug-likeness (QED) is 0.291. The van der Waals surface area contributed by atoms with Crippen molar-refractivity contribution in [3.63, 3.8) is 0 Å². The number of hydrogen-bond acceptors (Lipinski definition) is 3. The number of aliphatic imine (C=N–C) groups is 1. The van der Waals surface area contributed by atoms with Crippen molar-refractivity contribution < 1.29 is 9.15 Å². The molecule has 144 valence electrons. The highest BCUT2D eigenvalue weighted by Crippen LogP contribution is 2.17. The molecule has 0 amide bonds.